The molecule has 1 aromatic rings. The Hall–Kier alpha value is -2.32. The van der Waals surface area contributed by atoms with Crippen LogP contribution in [0.25, 0.3) is 0 Å². The summed E-state index contributed by atoms with van der Waals surface area (Å²) in [4.78, 5) is 39.2. The van der Waals surface area contributed by atoms with Crippen molar-refractivity contribution in [2.24, 2.45) is 0 Å². The Morgan fingerprint density at radius 3 is 2.57 bits per heavy atom. The van der Waals surface area contributed by atoms with Crippen LogP contribution >= 0.6 is 11.8 Å². The third kappa shape index (κ3) is 4.07. The minimum Gasteiger partial charge on any atom is -0.497 e. The monoisotopic (exact) mass is 405 g/mol. The number of ether oxygens (including phenoxy) is 2. The number of Topliss-reactive ketones (excluding diaryl/α,β-unsaturated/α-hetero) is 1. The molecule has 2 aliphatic heterocycles. The third-order valence-corrected chi connectivity index (χ3v) is 5.88. The first-order chi connectivity index (χ1) is 13.5. The minimum absolute atomic E-state index is 0.0608. The van der Waals surface area contributed by atoms with Crippen molar-refractivity contribution in [1.29, 1.82) is 0 Å². The van der Waals surface area contributed by atoms with E-state index in [9.17, 15) is 19.5 Å². The molecule has 0 radical (unpaired) electrons. The number of carboxylic acids is 1. The van der Waals surface area contributed by atoms with Gasteiger partial charge in [0.15, 0.2) is 5.78 Å². The van der Waals surface area contributed by atoms with E-state index in [1.807, 2.05) is 6.26 Å². The molecular formula is C20H23NO6S. The number of thioether (sulfide) groups is 1. The zero-order valence-electron chi connectivity index (χ0n) is 15.8. The number of hydrogen-bond donors (Lipinski definition) is 1. The lowest BCUT2D eigenvalue weighted by molar-refractivity contribution is -0.137. The highest BCUT2D eigenvalue weighted by molar-refractivity contribution is 7.99. The lowest BCUT2D eigenvalue weighted by Gasteiger charge is -2.27. The molecule has 1 aromatic carbocycles. The first kappa shape index (κ1) is 20.4. The van der Waals surface area contributed by atoms with E-state index in [2.05, 4.69) is 0 Å². The summed E-state index contributed by atoms with van der Waals surface area (Å²) < 4.78 is 10.8. The number of ketones is 1. The van der Waals surface area contributed by atoms with Crippen molar-refractivity contribution in [2.45, 2.75) is 30.7 Å². The molecule has 2 aliphatic rings. The number of hydrogen-bond acceptors (Lipinski definition) is 6. The second-order valence-electron chi connectivity index (χ2n) is 6.70. The van der Waals surface area contributed by atoms with Gasteiger partial charge in [-0.1, -0.05) is 0 Å². The number of nitrogens with zero attached hydrogens (tertiary/aromatic N) is 1. The SMILES string of the molecule is COc1ccc(C(=O)C2=C(CC(=O)O)C(=O)N(C[C@H]3CCCO3)[C@@H]2SC)cc1. The number of carbonyl (C=O) groups is 3. The van der Waals surface area contributed by atoms with Crippen LogP contribution in [0.1, 0.15) is 29.6 Å². The van der Waals surface area contributed by atoms with E-state index >= 15 is 0 Å². The maximum atomic E-state index is 13.2. The van der Waals surface area contributed by atoms with Crippen LogP contribution in [0, 0.1) is 0 Å². The summed E-state index contributed by atoms with van der Waals surface area (Å²) in [6.07, 6.45) is 3.03. The van der Waals surface area contributed by atoms with Crippen LogP contribution in [0.4, 0.5) is 0 Å². The van der Waals surface area contributed by atoms with E-state index in [1.165, 1.54) is 18.9 Å². The number of amides is 1. The summed E-state index contributed by atoms with van der Waals surface area (Å²) in [5.41, 5.74) is 0.707. The normalized spacial score (nSPS) is 22.1. The zero-order chi connectivity index (χ0) is 20.3. The Balaban J connectivity index is 1.95. The molecule has 0 spiro atoms. The molecule has 7 nitrogen and oxygen atoms in total. The van der Waals surface area contributed by atoms with Crippen molar-refractivity contribution in [3.63, 3.8) is 0 Å². The van der Waals surface area contributed by atoms with Crippen molar-refractivity contribution >= 4 is 29.4 Å². The van der Waals surface area contributed by atoms with E-state index in [4.69, 9.17) is 9.47 Å². The molecule has 1 N–H and O–H groups in total. The predicted molar refractivity (Wildman–Crippen MR) is 105 cm³/mol. The molecule has 28 heavy (non-hydrogen) atoms. The molecule has 1 saturated heterocycles. The number of methoxy groups -OCH3 is 1. The number of benzene rings is 1. The Kier molecular flexibility index (Phi) is 6.41. The molecule has 2 atom stereocenters. The van der Waals surface area contributed by atoms with Gasteiger partial charge in [0.05, 0.1) is 19.6 Å². The summed E-state index contributed by atoms with van der Waals surface area (Å²) in [5.74, 6) is -1.25. The van der Waals surface area contributed by atoms with Gasteiger partial charge in [-0.25, -0.2) is 0 Å². The van der Waals surface area contributed by atoms with Gasteiger partial charge in [0.2, 0.25) is 0 Å². The van der Waals surface area contributed by atoms with E-state index < -0.39 is 23.7 Å². The summed E-state index contributed by atoms with van der Waals surface area (Å²) in [5, 5.41) is 8.77. The van der Waals surface area contributed by atoms with Crippen molar-refractivity contribution < 1.29 is 29.0 Å². The lowest BCUT2D eigenvalue weighted by atomic mass is 9.98. The number of carboxylic acid groups (broad SMARTS) is 1. The molecule has 0 unspecified atom stereocenters. The first-order valence-electron chi connectivity index (χ1n) is 9.05. The van der Waals surface area contributed by atoms with E-state index in [1.54, 1.807) is 29.2 Å². The first-order valence-corrected chi connectivity index (χ1v) is 10.3. The van der Waals surface area contributed by atoms with Gasteiger partial charge in [0.25, 0.3) is 5.91 Å². The fourth-order valence-corrected chi connectivity index (χ4v) is 4.52. The lowest BCUT2D eigenvalue weighted by Crippen LogP contribution is -2.40. The van der Waals surface area contributed by atoms with Gasteiger partial charge < -0.3 is 19.5 Å². The second kappa shape index (κ2) is 8.79. The van der Waals surface area contributed by atoms with Crippen LogP contribution in [0.15, 0.2) is 35.4 Å². The molecule has 2 heterocycles. The zero-order valence-corrected chi connectivity index (χ0v) is 16.7. The summed E-state index contributed by atoms with van der Waals surface area (Å²) >= 11 is 1.35. The average molecular weight is 405 g/mol. The molecular weight excluding hydrogens is 382 g/mol. The fraction of sp³-hybridized carbons (Fsp3) is 0.450. The van der Waals surface area contributed by atoms with Crippen LogP contribution < -0.4 is 4.74 Å². The van der Waals surface area contributed by atoms with Crippen molar-refractivity contribution in [1.82, 2.24) is 4.90 Å². The van der Waals surface area contributed by atoms with Crippen LogP contribution in [0.2, 0.25) is 0 Å². The van der Waals surface area contributed by atoms with Crippen LogP contribution in [0.3, 0.4) is 0 Å². The van der Waals surface area contributed by atoms with Gasteiger partial charge in [-0.2, -0.15) is 0 Å². The van der Waals surface area contributed by atoms with Gasteiger partial charge in [0.1, 0.15) is 11.1 Å². The Bertz CT molecular complexity index is 797. The molecule has 0 aromatic heterocycles. The highest BCUT2D eigenvalue weighted by Crippen LogP contribution is 2.37. The smallest absolute Gasteiger partial charge is 0.308 e. The van der Waals surface area contributed by atoms with Crippen LogP contribution in [0.5, 0.6) is 5.75 Å². The van der Waals surface area contributed by atoms with Crippen molar-refractivity contribution in [3.8, 4) is 5.75 Å². The molecule has 0 saturated carbocycles. The largest absolute Gasteiger partial charge is 0.497 e. The number of aliphatic carboxylic acids is 1. The van der Waals surface area contributed by atoms with Gasteiger partial charge >= 0.3 is 5.97 Å². The average Bonchev–Trinajstić information content (AvgIpc) is 3.29. The molecule has 1 amide bonds. The van der Waals surface area contributed by atoms with Crippen LogP contribution in [-0.2, 0) is 14.3 Å². The van der Waals surface area contributed by atoms with E-state index in [0.29, 0.717) is 24.5 Å². The Morgan fingerprint density at radius 2 is 2.04 bits per heavy atom. The molecule has 8 heteroatoms. The summed E-state index contributed by atoms with van der Waals surface area (Å²) in [6, 6.07) is 6.58. The minimum atomic E-state index is -1.14. The highest BCUT2D eigenvalue weighted by atomic mass is 32.2. The molecule has 3 rings (SSSR count). The van der Waals surface area contributed by atoms with Gasteiger partial charge in [-0.05, 0) is 43.4 Å². The Morgan fingerprint density at radius 1 is 1.32 bits per heavy atom. The predicted octanol–water partition coefficient (Wildman–Crippen LogP) is 2.36. The maximum absolute atomic E-state index is 13.2. The third-order valence-electron chi connectivity index (χ3n) is 4.95. The van der Waals surface area contributed by atoms with Crippen molar-refractivity contribution in [3.05, 3.63) is 41.0 Å². The van der Waals surface area contributed by atoms with Gasteiger partial charge in [-0.3, -0.25) is 14.4 Å². The fourth-order valence-electron chi connectivity index (χ4n) is 3.60. The topological polar surface area (TPSA) is 93.1 Å². The van der Waals surface area contributed by atoms with Gasteiger partial charge in [-0.15, -0.1) is 11.8 Å². The molecule has 0 bridgehead atoms. The Labute approximate surface area is 167 Å². The molecule has 0 aliphatic carbocycles. The van der Waals surface area contributed by atoms with Crippen LogP contribution in [-0.4, -0.2) is 65.7 Å². The number of carbonyl (C=O) groups excluding carboxylic acids is 2. The standard InChI is InChI=1S/C20H23NO6S/c1-26-13-7-5-12(6-8-13)18(24)17-15(10-16(22)23)19(25)21(20(17)28-2)11-14-4-3-9-27-14/h5-8,14,20H,3-4,9-11H2,1-2H3,(H,22,23)/t14-,20-/m1/s1. The summed E-state index contributed by atoms with van der Waals surface area (Å²) in [7, 11) is 1.53. The maximum Gasteiger partial charge on any atom is 0.308 e. The van der Waals surface area contributed by atoms with Crippen molar-refractivity contribution in [2.75, 3.05) is 26.5 Å². The second-order valence-corrected chi connectivity index (χ2v) is 7.62. The highest BCUT2D eigenvalue weighted by Gasteiger charge is 2.43. The van der Waals surface area contributed by atoms with Gasteiger partial charge in [0, 0.05) is 29.9 Å². The number of rotatable bonds is 8. The van der Waals surface area contributed by atoms with E-state index in [-0.39, 0.29) is 23.0 Å². The van der Waals surface area contributed by atoms with E-state index in [0.717, 1.165) is 12.8 Å². The molecule has 150 valence electrons. The quantitative estimate of drug-likeness (QED) is 0.664. The molecule has 1 fully saturated rings. The summed E-state index contributed by atoms with van der Waals surface area (Å²) in [6.45, 7) is 1.01.